The molecule has 8 nitrogen and oxygen atoms in total. The largest absolute Gasteiger partial charge is 0.384 e. The molecule has 2 aromatic carbocycles. The Morgan fingerprint density at radius 3 is 2.59 bits per heavy atom. The molecule has 3 N–H and O–H groups in total. The zero-order valence-corrected chi connectivity index (χ0v) is 21.8. The molecule has 4 rings (SSSR count). The van der Waals surface area contributed by atoms with E-state index in [2.05, 4.69) is 10.3 Å². The van der Waals surface area contributed by atoms with E-state index in [1.54, 1.807) is 43.6 Å². The maximum absolute atomic E-state index is 13.7. The van der Waals surface area contributed by atoms with Crippen LogP contribution in [0.4, 0.5) is 16.3 Å². The lowest BCUT2D eigenvalue weighted by Crippen LogP contribution is -2.70. The van der Waals surface area contributed by atoms with Crippen molar-refractivity contribution in [3.63, 3.8) is 0 Å². The van der Waals surface area contributed by atoms with Crippen molar-refractivity contribution >= 4 is 41.0 Å². The lowest BCUT2D eigenvalue weighted by Gasteiger charge is -2.46. The number of imide groups is 1. The molecular weight excluding hydrogens is 490 g/mol. The van der Waals surface area contributed by atoms with Crippen LogP contribution in [-0.2, 0) is 16.0 Å². The summed E-state index contributed by atoms with van der Waals surface area (Å²) in [6.07, 6.45) is 2.40. The Kier molecular flexibility index (Phi) is 7.78. The second-order valence-corrected chi connectivity index (χ2v) is 9.69. The van der Waals surface area contributed by atoms with Gasteiger partial charge in [0.05, 0.1) is 12.0 Å². The molecule has 0 bridgehead atoms. The molecule has 1 fully saturated rings. The van der Waals surface area contributed by atoms with E-state index in [0.717, 1.165) is 21.6 Å². The quantitative estimate of drug-likeness (QED) is 0.446. The third kappa shape index (κ3) is 5.59. The number of urea groups is 1. The van der Waals surface area contributed by atoms with E-state index in [-0.39, 0.29) is 18.4 Å². The number of nitrogens with two attached hydrogens (primary N) is 1. The molecule has 9 heteroatoms. The molecule has 0 aliphatic carbocycles. The zero-order chi connectivity index (χ0) is 26.7. The Morgan fingerprint density at radius 1 is 1.16 bits per heavy atom. The summed E-state index contributed by atoms with van der Waals surface area (Å²) in [5.74, 6) is -1.14. The average Bonchev–Trinajstić information content (AvgIpc) is 2.87. The Bertz CT molecular complexity index is 1330. The van der Waals surface area contributed by atoms with Crippen LogP contribution in [0, 0.1) is 12.8 Å². The van der Waals surface area contributed by atoms with Crippen LogP contribution in [0.1, 0.15) is 36.1 Å². The maximum atomic E-state index is 13.7. The van der Waals surface area contributed by atoms with E-state index in [4.69, 9.17) is 17.3 Å². The van der Waals surface area contributed by atoms with E-state index < -0.39 is 23.9 Å². The molecule has 4 amide bonds. The number of benzene rings is 2. The van der Waals surface area contributed by atoms with Gasteiger partial charge in [-0.1, -0.05) is 42.8 Å². The van der Waals surface area contributed by atoms with Crippen LogP contribution in [0.5, 0.6) is 0 Å². The van der Waals surface area contributed by atoms with Gasteiger partial charge >= 0.3 is 6.03 Å². The lowest BCUT2D eigenvalue weighted by atomic mass is 9.81. The molecule has 0 spiro atoms. The third-order valence-corrected chi connectivity index (χ3v) is 6.90. The van der Waals surface area contributed by atoms with Gasteiger partial charge in [-0.3, -0.25) is 14.5 Å². The fourth-order valence-corrected chi connectivity index (χ4v) is 4.86. The summed E-state index contributed by atoms with van der Waals surface area (Å²) in [4.78, 5) is 47.0. The van der Waals surface area contributed by atoms with Crippen LogP contribution in [0.3, 0.4) is 0 Å². The Labute approximate surface area is 221 Å². The molecule has 1 aliphatic rings. The highest BCUT2D eigenvalue weighted by Crippen LogP contribution is 2.33. The summed E-state index contributed by atoms with van der Waals surface area (Å²) in [6, 6.07) is 16.2. The number of nitrogens with zero attached hydrogens (tertiary/aromatic N) is 3. The monoisotopic (exact) mass is 519 g/mol. The normalized spacial score (nSPS) is 17.6. The summed E-state index contributed by atoms with van der Waals surface area (Å²) in [7, 11) is 1.65. The van der Waals surface area contributed by atoms with Crippen molar-refractivity contribution in [2.75, 3.05) is 17.7 Å². The molecule has 1 saturated heterocycles. The number of rotatable bonds is 7. The molecule has 2 heterocycles. The van der Waals surface area contributed by atoms with Crippen LogP contribution in [-0.4, -0.2) is 40.8 Å². The molecule has 1 unspecified atom stereocenters. The molecule has 1 aromatic heterocycles. The number of carbonyl (C=O) groups is 3. The zero-order valence-electron chi connectivity index (χ0n) is 21.0. The summed E-state index contributed by atoms with van der Waals surface area (Å²) in [5, 5.41) is 3.47. The number of halogens is 1. The van der Waals surface area contributed by atoms with Gasteiger partial charge in [-0.2, -0.15) is 0 Å². The number of amides is 4. The van der Waals surface area contributed by atoms with Crippen LogP contribution in [0.25, 0.3) is 0 Å². The van der Waals surface area contributed by atoms with Crippen LogP contribution in [0.15, 0.2) is 66.9 Å². The maximum Gasteiger partial charge on any atom is 0.325 e. The fourth-order valence-electron chi connectivity index (χ4n) is 4.66. The predicted octanol–water partition coefficient (Wildman–Crippen LogP) is 4.52. The second-order valence-electron chi connectivity index (χ2n) is 9.25. The molecule has 0 radical (unpaired) electrons. The van der Waals surface area contributed by atoms with E-state index in [9.17, 15) is 14.4 Å². The van der Waals surface area contributed by atoms with Crippen LogP contribution >= 0.6 is 11.6 Å². The standard InChI is InChI=1S/C28H30ClN5O3/c1-4-23(19-8-6-9-20(29)16-19)32-28(37)34-25(27(36)33(3)21-10-5-7-17(2)13-21)22(26(34)35)14-18-11-12-31-24(30)15-18/h5-13,15-16,22-23,25H,4,14H2,1-3H3,(H2,30,31)(H,32,37)/t22-,23?,25+/m1/s1. The van der Waals surface area contributed by atoms with E-state index in [1.807, 2.05) is 44.2 Å². The van der Waals surface area contributed by atoms with Crippen LogP contribution < -0.4 is 16.0 Å². The smallest absolute Gasteiger partial charge is 0.325 e. The highest BCUT2D eigenvalue weighted by Gasteiger charge is 2.55. The summed E-state index contributed by atoms with van der Waals surface area (Å²) < 4.78 is 0. The van der Waals surface area contributed by atoms with Crippen molar-refractivity contribution in [2.45, 2.75) is 38.8 Å². The van der Waals surface area contributed by atoms with Gasteiger partial charge in [0.2, 0.25) is 5.91 Å². The number of pyridine rings is 1. The Morgan fingerprint density at radius 2 is 1.92 bits per heavy atom. The number of aryl methyl sites for hydroxylation is 1. The molecule has 0 saturated carbocycles. The molecule has 3 aromatic rings. The van der Waals surface area contributed by atoms with Crippen molar-refractivity contribution in [1.82, 2.24) is 15.2 Å². The van der Waals surface area contributed by atoms with Crippen molar-refractivity contribution < 1.29 is 14.4 Å². The van der Waals surface area contributed by atoms with Crippen molar-refractivity contribution in [1.29, 1.82) is 0 Å². The van der Waals surface area contributed by atoms with Gasteiger partial charge in [-0.05, 0) is 72.9 Å². The van der Waals surface area contributed by atoms with Gasteiger partial charge in [0, 0.05) is 24.0 Å². The minimum atomic E-state index is -0.968. The van der Waals surface area contributed by atoms with Crippen molar-refractivity contribution in [3.8, 4) is 0 Å². The first-order chi connectivity index (χ1) is 17.7. The summed E-state index contributed by atoms with van der Waals surface area (Å²) >= 11 is 6.14. The number of β-lactam (4-membered cyclic amide) rings is 1. The van der Waals surface area contributed by atoms with E-state index in [0.29, 0.717) is 22.9 Å². The molecule has 3 atom stereocenters. The minimum absolute atomic E-state index is 0.263. The number of anilines is 2. The first-order valence-corrected chi connectivity index (χ1v) is 12.5. The Hall–Kier alpha value is -3.91. The summed E-state index contributed by atoms with van der Waals surface area (Å²) in [5.41, 5.74) is 9.08. The van der Waals surface area contributed by atoms with Crippen molar-refractivity contribution in [2.24, 2.45) is 5.92 Å². The predicted molar refractivity (Wildman–Crippen MR) is 144 cm³/mol. The number of nitrogen functional groups attached to an aromatic ring is 1. The summed E-state index contributed by atoms with van der Waals surface area (Å²) in [6.45, 7) is 3.86. The molecule has 1 aliphatic heterocycles. The molecular formula is C28H30ClN5O3. The number of carbonyl (C=O) groups excluding carboxylic acids is 3. The minimum Gasteiger partial charge on any atom is -0.384 e. The molecule has 192 valence electrons. The SMILES string of the molecule is CCC(NC(=O)N1C(=O)[C@H](Cc2ccnc(N)c2)[C@H]1C(=O)N(C)c1cccc(C)c1)c1cccc(Cl)c1. The van der Waals surface area contributed by atoms with E-state index >= 15 is 0 Å². The highest BCUT2D eigenvalue weighted by atomic mass is 35.5. The number of hydrogen-bond donors (Lipinski definition) is 2. The second kappa shape index (κ2) is 11.0. The first kappa shape index (κ1) is 26.2. The van der Waals surface area contributed by atoms with Gasteiger partial charge in [-0.15, -0.1) is 0 Å². The van der Waals surface area contributed by atoms with Gasteiger partial charge in [0.25, 0.3) is 5.91 Å². The lowest BCUT2D eigenvalue weighted by molar-refractivity contribution is -0.156. The number of likely N-dealkylation sites (N-methyl/N-ethyl adjacent to an activating group) is 1. The van der Waals surface area contributed by atoms with E-state index in [1.165, 1.54) is 4.90 Å². The number of nitrogens with one attached hydrogen (secondary N) is 1. The van der Waals surface area contributed by atoms with Crippen molar-refractivity contribution in [3.05, 3.63) is 88.6 Å². The number of likely N-dealkylation sites (tertiary alicyclic amines) is 1. The third-order valence-electron chi connectivity index (χ3n) is 6.66. The number of hydrogen-bond acceptors (Lipinski definition) is 5. The van der Waals surface area contributed by atoms with Gasteiger partial charge in [-0.25, -0.2) is 9.78 Å². The fraction of sp³-hybridized carbons (Fsp3) is 0.286. The topological polar surface area (TPSA) is 109 Å². The van der Waals surface area contributed by atoms with Crippen LogP contribution in [0.2, 0.25) is 5.02 Å². The number of aromatic nitrogens is 1. The van der Waals surface area contributed by atoms with Gasteiger partial charge in [0.15, 0.2) is 0 Å². The van der Waals surface area contributed by atoms with Gasteiger partial charge < -0.3 is 16.0 Å². The highest BCUT2D eigenvalue weighted by molar-refractivity contribution is 6.30. The molecule has 37 heavy (non-hydrogen) atoms. The average molecular weight is 520 g/mol. The first-order valence-electron chi connectivity index (χ1n) is 12.1. The Balaban J connectivity index is 1.61. The van der Waals surface area contributed by atoms with Gasteiger partial charge in [0.1, 0.15) is 11.9 Å².